The lowest BCUT2D eigenvalue weighted by atomic mass is 10.1. The van der Waals surface area contributed by atoms with Gasteiger partial charge < -0.3 is 10.3 Å². The van der Waals surface area contributed by atoms with Gasteiger partial charge in [-0.25, -0.2) is 9.97 Å². The summed E-state index contributed by atoms with van der Waals surface area (Å²) >= 11 is 3.48. The molecule has 4 aromatic rings. The van der Waals surface area contributed by atoms with Crippen LogP contribution in [0.1, 0.15) is 18.2 Å². The van der Waals surface area contributed by atoms with Crippen LogP contribution in [0.4, 0.5) is 5.82 Å². The number of hydrogen-bond donors (Lipinski definition) is 2. The molecule has 120 valence electrons. The van der Waals surface area contributed by atoms with Crippen molar-refractivity contribution in [1.29, 1.82) is 0 Å². The molecule has 0 fully saturated rings. The van der Waals surface area contributed by atoms with Crippen molar-refractivity contribution in [3.05, 3.63) is 65.3 Å². The Morgan fingerprint density at radius 3 is 3.08 bits per heavy atom. The number of imidazole rings is 1. The summed E-state index contributed by atoms with van der Waals surface area (Å²) in [6.45, 7) is 6.65. The topological polar surface area (TPSA) is 58.0 Å². The molecule has 4 rings (SSSR count). The maximum absolute atomic E-state index is 4.54. The van der Waals surface area contributed by atoms with Crippen molar-refractivity contribution in [3.63, 3.8) is 0 Å². The zero-order valence-electron chi connectivity index (χ0n) is 13.2. The molecule has 1 aromatic carbocycles. The van der Waals surface area contributed by atoms with E-state index in [4.69, 9.17) is 0 Å². The van der Waals surface area contributed by atoms with Gasteiger partial charge in [-0.15, -0.1) is 0 Å². The van der Waals surface area contributed by atoms with Gasteiger partial charge in [0.2, 0.25) is 0 Å². The van der Waals surface area contributed by atoms with Crippen LogP contribution in [0.2, 0.25) is 0 Å². The lowest BCUT2D eigenvalue weighted by molar-refractivity contribution is 1.05. The molecule has 0 amide bonds. The van der Waals surface area contributed by atoms with Crippen LogP contribution in [0.5, 0.6) is 0 Å². The van der Waals surface area contributed by atoms with Crippen molar-refractivity contribution in [1.82, 2.24) is 19.4 Å². The highest BCUT2D eigenvalue weighted by Gasteiger charge is 2.11. The first kappa shape index (κ1) is 15.0. The second-order valence-corrected chi connectivity index (χ2v) is 6.55. The van der Waals surface area contributed by atoms with Gasteiger partial charge in [-0.3, -0.25) is 4.40 Å². The highest BCUT2D eigenvalue weighted by molar-refractivity contribution is 9.10. The summed E-state index contributed by atoms with van der Waals surface area (Å²) in [5, 5.41) is 4.62. The second kappa shape index (κ2) is 5.79. The van der Waals surface area contributed by atoms with E-state index >= 15 is 0 Å². The highest BCUT2D eigenvalue weighted by atomic mass is 79.9. The smallest absolute Gasteiger partial charge is 0.180 e. The fourth-order valence-electron chi connectivity index (χ4n) is 2.88. The van der Waals surface area contributed by atoms with Crippen molar-refractivity contribution in [2.75, 3.05) is 5.32 Å². The van der Waals surface area contributed by atoms with Crippen LogP contribution in [0.25, 0.3) is 22.1 Å². The standard InChI is InChI=1S/C18H16BrN5/c1-11(2)15-9-22-18-17(23-16(19)10-24(15)18)21-8-12-4-3-5-14-13(12)6-7-20-14/h3-7,9-10,20H,1,8H2,2H3,(H,21,23). The van der Waals surface area contributed by atoms with E-state index in [1.54, 1.807) is 0 Å². The molecule has 0 aliphatic heterocycles. The lowest BCUT2D eigenvalue weighted by Gasteiger charge is -2.10. The highest BCUT2D eigenvalue weighted by Crippen LogP contribution is 2.24. The molecule has 0 aliphatic carbocycles. The van der Waals surface area contributed by atoms with E-state index in [-0.39, 0.29) is 0 Å². The van der Waals surface area contributed by atoms with Crippen LogP contribution in [0.15, 0.2) is 54.0 Å². The molecule has 0 bridgehead atoms. The summed E-state index contributed by atoms with van der Waals surface area (Å²) < 4.78 is 2.75. The number of H-pyrrole nitrogens is 1. The van der Waals surface area contributed by atoms with Crippen LogP contribution >= 0.6 is 15.9 Å². The molecule has 24 heavy (non-hydrogen) atoms. The van der Waals surface area contributed by atoms with Crippen LogP contribution in [-0.4, -0.2) is 19.4 Å². The number of hydrogen-bond acceptors (Lipinski definition) is 3. The first-order valence-corrected chi connectivity index (χ1v) is 8.41. The average molecular weight is 382 g/mol. The van der Waals surface area contributed by atoms with Crippen molar-refractivity contribution >= 4 is 43.9 Å². The number of nitrogens with zero attached hydrogens (tertiary/aromatic N) is 3. The Morgan fingerprint density at radius 1 is 1.38 bits per heavy atom. The maximum Gasteiger partial charge on any atom is 0.180 e. The Kier molecular flexibility index (Phi) is 3.61. The monoisotopic (exact) mass is 381 g/mol. The number of aromatic nitrogens is 4. The van der Waals surface area contributed by atoms with Gasteiger partial charge in [0.15, 0.2) is 11.5 Å². The minimum absolute atomic E-state index is 0.670. The van der Waals surface area contributed by atoms with E-state index in [1.165, 1.54) is 10.9 Å². The maximum atomic E-state index is 4.54. The van der Waals surface area contributed by atoms with Crippen LogP contribution in [0.3, 0.4) is 0 Å². The quantitative estimate of drug-likeness (QED) is 0.542. The number of nitrogens with one attached hydrogen (secondary N) is 2. The van der Waals surface area contributed by atoms with Crippen molar-refractivity contribution < 1.29 is 0 Å². The molecule has 0 unspecified atom stereocenters. The summed E-state index contributed by atoms with van der Waals surface area (Å²) in [5.74, 6) is 0.740. The predicted octanol–water partition coefficient (Wildman–Crippen LogP) is 4.62. The van der Waals surface area contributed by atoms with Gasteiger partial charge in [0, 0.05) is 29.8 Å². The van der Waals surface area contributed by atoms with E-state index < -0.39 is 0 Å². The summed E-state index contributed by atoms with van der Waals surface area (Å²) in [6, 6.07) is 8.32. The molecule has 5 nitrogen and oxygen atoms in total. The zero-order chi connectivity index (χ0) is 16.7. The van der Waals surface area contributed by atoms with Gasteiger partial charge >= 0.3 is 0 Å². The van der Waals surface area contributed by atoms with Gasteiger partial charge in [-0.05, 0) is 46.1 Å². The van der Waals surface area contributed by atoms with E-state index in [9.17, 15) is 0 Å². The molecule has 0 atom stereocenters. The Bertz CT molecular complexity index is 1060. The Hall–Kier alpha value is -2.60. The molecule has 2 N–H and O–H groups in total. The number of aromatic amines is 1. The summed E-state index contributed by atoms with van der Waals surface area (Å²) in [6.07, 6.45) is 5.69. The average Bonchev–Trinajstić information content (AvgIpc) is 3.18. The third-order valence-corrected chi connectivity index (χ3v) is 4.41. The molecule has 0 spiro atoms. The Morgan fingerprint density at radius 2 is 2.25 bits per heavy atom. The van der Waals surface area contributed by atoms with Gasteiger partial charge in [0.1, 0.15) is 4.60 Å². The van der Waals surface area contributed by atoms with Crippen LogP contribution in [0, 0.1) is 0 Å². The summed E-state index contributed by atoms with van der Waals surface area (Å²) in [4.78, 5) is 12.3. The van der Waals surface area contributed by atoms with Crippen LogP contribution in [-0.2, 0) is 6.54 Å². The minimum Gasteiger partial charge on any atom is -0.363 e. The number of fused-ring (bicyclic) bond motifs is 2. The molecule has 6 heteroatoms. The molecular formula is C18H16BrN5. The van der Waals surface area contributed by atoms with Crippen molar-refractivity contribution in [3.8, 4) is 0 Å². The fraction of sp³-hybridized carbons (Fsp3) is 0.111. The van der Waals surface area contributed by atoms with Crippen LogP contribution < -0.4 is 5.32 Å². The SMILES string of the molecule is C=C(C)c1cnc2c(NCc3cccc4[nH]ccc34)nc(Br)cn12. The van der Waals surface area contributed by atoms with E-state index in [0.29, 0.717) is 6.54 Å². The van der Waals surface area contributed by atoms with E-state index in [1.807, 2.05) is 29.9 Å². The number of rotatable bonds is 4. The normalized spacial score (nSPS) is 11.2. The zero-order valence-corrected chi connectivity index (χ0v) is 14.8. The second-order valence-electron chi connectivity index (χ2n) is 5.74. The predicted molar refractivity (Wildman–Crippen MR) is 101 cm³/mol. The fourth-order valence-corrected chi connectivity index (χ4v) is 3.26. The molecule has 0 aliphatic rings. The number of anilines is 1. The van der Waals surface area contributed by atoms with E-state index in [0.717, 1.165) is 32.9 Å². The third-order valence-electron chi connectivity index (χ3n) is 4.03. The largest absolute Gasteiger partial charge is 0.363 e. The molecule has 3 heterocycles. The molecule has 0 radical (unpaired) electrons. The van der Waals surface area contributed by atoms with Crippen molar-refractivity contribution in [2.24, 2.45) is 0 Å². The summed E-state index contributed by atoms with van der Waals surface area (Å²) in [5.41, 5.74) is 5.07. The van der Waals surface area contributed by atoms with Gasteiger partial charge in [-0.2, -0.15) is 0 Å². The molecular weight excluding hydrogens is 366 g/mol. The first-order valence-electron chi connectivity index (χ1n) is 7.62. The molecule has 0 saturated carbocycles. The number of halogens is 1. The van der Waals surface area contributed by atoms with Crippen molar-refractivity contribution in [2.45, 2.75) is 13.5 Å². The molecule has 0 saturated heterocycles. The lowest BCUT2D eigenvalue weighted by Crippen LogP contribution is -2.05. The molecule has 3 aromatic heterocycles. The summed E-state index contributed by atoms with van der Waals surface area (Å²) in [7, 11) is 0. The number of allylic oxidation sites excluding steroid dienone is 1. The Labute approximate surface area is 147 Å². The van der Waals surface area contributed by atoms with E-state index in [2.05, 4.69) is 67.0 Å². The van der Waals surface area contributed by atoms with Gasteiger partial charge in [0.05, 0.1) is 11.9 Å². The number of benzene rings is 1. The third kappa shape index (κ3) is 2.49. The first-order chi connectivity index (χ1) is 11.6. The minimum atomic E-state index is 0.670. The Balaban J connectivity index is 1.72. The van der Waals surface area contributed by atoms with Gasteiger partial charge in [-0.1, -0.05) is 18.7 Å². The van der Waals surface area contributed by atoms with Gasteiger partial charge in [0.25, 0.3) is 0 Å².